The first-order valence-corrected chi connectivity index (χ1v) is 4.08. The molecule has 0 saturated carbocycles. The van der Waals surface area contributed by atoms with Gasteiger partial charge in [-0.15, -0.1) is 0 Å². The van der Waals surface area contributed by atoms with Gasteiger partial charge in [-0.3, -0.25) is 0 Å². The van der Waals surface area contributed by atoms with Gasteiger partial charge >= 0.3 is 0 Å². The molecular formula is C10H11NO2. The molecule has 0 amide bonds. The van der Waals surface area contributed by atoms with Gasteiger partial charge in [0.05, 0.1) is 18.4 Å². The quantitative estimate of drug-likeness (QED) is 0.664. The number of benzene rings is 1. The van der Waals surface area contributed by atoms with Crippen LogP contribution in [0.1, 0.15) is 5.56 Å². The molecule has 1 aromatic carbocycles. The van der Waals surface area contributed by atoms with E-state index in [0.29, 0.717) is 12.3 Å². The summed E-state index contributed by atoms with van der Waals surface area (Å²) in [5, 5.41) is 0. The topological polar surface area (TPSA) is 44.5 Å². The van der Waals surface area contributed by atoms with Crippen LogP contribution in [0.25, 0.3) is 6.08 Å². The molecule has 1 aliphatic heterocycles. The zero-order chi connectivity index (χ0) is 9.26. The third kappa shape index (κ3) is 1.22. The molecular weight excluding hydrogens is 166 g/mol. The molecule has 1 aliphatic rings. The maximum absolute atomic E-state index is 5.75. The Labute approximate surface area is 76.8 Å². The third-order valence-corrected chi connectivity index (χ3v) is 2.01. The molecule has 0 fully saturated rings. The highest BCUT2D eigenvalue weighted by Crippen LogP contribution is 2.36. The van der Waals surface area contributed by atoms with E-state index >= 15 is 0 Å². The summed E-state index contributed by atoms with van der Waals surface area (Å²) in [6.45, 7) is 0.574. The number of nitrogens with two attached hydrogens (primary N) is 1. The number of methoxy groups -OCH3 is 1. The number of anilines is 1. The van der Waals surface area contributed by atoms with Gasteiger partial charge in [-0.05, 0) is 24.3 Å². The van der Waals surface area contributed by atoms with Crippen molar-refractivity contribution >= 4 is 11.8 Å². The SMILES string of the molecule is COc1ccc(N)c2c1C=CCO2. The van der Waals surface area contributed by atoms with Crippen LogP contribution in [0.4, 0.5) is 5.69 Å². The summed E-state index contributed by atoms with van der Waals surface area (Å²) in [5.74, 6) is 1.52. The fourth-order valence-corrected chi connectivity index (χ4v) is 1.39. The van der Waals surface area contributed by atoms with Gasteiger partial charge in [0.2, 0.25) is 0 Å². The van der Waals surface area contributed by atoms with E-state index in [1.165, 1.54) is 0 Å². The number of fused-ring (bicyclic) bond motifs is 1. The fourth-order valence-electron chi connectivity index (χ4n) is 1.39. The van der Waals surface area contributed by atoms with Crippen LogP contribution in [0.2, 0.25) is 0 Å². The fraction of sp³-hybridized carbons (Fsp3) is 0.200. The van der Waals surface area contributed by atoms with Crippen LogP contribution in [0.15, 0.2) is 18.2 Å². The number of rotatable bonds is 1. The van der Waals surface area contributed by atoms with Gasteiger partial charge in [-0.25, -0.2) is 0 Å². The molecule has 0 aliphatic carbocycles. The van der Waals surface area contributed by atoms with Crippen LogP contribution in [-0.4, -0.2) is 13.7 Å². The monoisotopic (exact) mass is 177 g/mol. The minimum absolute atomic E-state index is 0.574. The second kappa shape index (κ2) is 3.01. The molecule has 1 aromatic rings. The lowest BCUT2D eigenvalue weighted by Crippen LogP contribution is -2.04. The summed E-state index contributed by atoms with van der Waals surface area (Å²) in [6, 6.07) is 3.63. The van der Waals surface area contributed by atoms with Crippen LogP contribution in [-0.2, 0) is 0 Å². The highest BCUT2D eigenvalue weighted by Gasteiger charge is 2.13. The Morgan fingerprint density at radius 2 is 2.31 bits per heavy atom. The van der Waals surface area contributed by atoms with Crippen LogP contribution < -0.4 is 15.2 Å². The van der Waals surface area contributed by atoms with Gasteiger partial charge in [-0.2, -0.15) is 0 Å². The molecule has 0 spiro atoms. The summed E-state index contributed by atoms with van der Waals surface area (Å²) in [6.07, 6.45) is 3.90. The molecule has 3 nitrogen and oxygen atoms in total. The van der Waals surface area contributed by atoms with Gasteiger partial charge in [0, 0.05) is 0 Å². The second-order valence-electron chi connectivity index (χ2n) is 2.81. The lowest BCUT2D eigenvalue weighted by molar-refractivity contribution is 0.353. The van der Waals surface area contributed by atoms with Gasteiger partial charge in [0.1, 0.15) is 12.4 Å². The molecule has 2 rings (SSSR count). The van der Waals surface area contributed by atoms with E-state index in [-0.39, 0.29) is 0 Å². The lowest BCUT2D eigenvalue weighted by atomic mass is 10.1. The first-order valence-electron chi connectivity index (χ1n) is 4.08. The number of nitrogen functional groups attached to an aromatic ring is 1. The maximum Gasteiger partial charge on any atom is 0.153 e. The Morgan fingerprint density at radius 3 is 3.08 bits per heavy atom. The lowest BCUT2D eigenvalue weighted by Gasteiger charge is -2.16. The molecule has 0 aromatic heterocycles. The predicted molar refractivity (Wildman–Crippen MR) is 51.9 cm³/mol. The van der Waals surface area contributed by atoms with Crippen LogP contribution in [0, 0.1) is 0 Å². The molecule has 1 heterocycles. The van der Waals surface area contributed by atoms with Crippen molar-refractivity contribution in [1.29, 1.82) is 0 Å². The number of ether oxygens (including phenoxy) is 2. The van der Waals surface area contributed by atoms with Crippen molar-refractivity contribution in [3.8, 4) is 11.5 Å². The Hall–Kier alpha value is -1.64. The smallest absolute Gasteiger partial charge is 0.153 e. The minimum atomic E-state index is 0.574. The van der Waals surface area contributed by atoms with Crippen molar-refractivity contribution in [1.82, 2.24) is 0 Å². The average Bonchev–Trinajstić information content (AvgIpc) is 2.19. The molecule has 2 N–H and O–H groups in total. The summed E-state index contributed by atoms with van der Waals surface area (Å²) < 4.78 is 10.6. The second-order valence-corrected chi connectivity index (χ2v) is 2.81. The number of hydrogen-bond acceptors (Lipinski definition) is 3. The predicted octanol–water partition coefficient (Wildman–Crippen LogP) is 1.68. The van der Waals surface area contributed by atoms with Crippen molar-refractivity contribution < 1.29 is 9.47 Å². The Bertz CT molecular complexity index is 358. The van der Waals surface area contributed by atoms with Gasteiger partial charge in [-0.1, -0.05) is 0 Å². The van der Waals surface area contributed by atoms with E-state index < -0.39 is 0 Å². The van der Waals surface area contributed by atoms with Gasteiger partial charge in [0.15, 0.2) is 5.75 Å². The molecule has 0 unspecified atom stereocenters. The van der Waals surface area contributed by atoms with Gasteiger partial charge in [0.25, 0.3) is 0 Å². The van der Waals surface area contributed by atoms with E-state index in [2.05, 4.69) is 0 Å². The van der Waals surface area contributed by atoms with Crippen LogP contribution >= 0.6 is 0 Å². The summed E-state index contributed by atoms with van der Waals surface area (Å²) in [7, 11) is 1.63. The van der Waals surface area contributed by atoms with Crippen molar-refractivity contribution in [2.45, 2.75) is 0 Å². The first-order chi connectivity index (χ1) is 6.33. The Kier molecular flexibility index (Phi) is 1.85. The molecule has 0 atom stereocenters. The first kappa shape index (κ1) is 7.98. The largest absolute Gasteiger partial charge is 0.496 e. The van der Waals surface area contributed by atoms with Crippen LogP contribution in [0.5, 0.6) is 11.5 Å². The molecule has 0 saturated heterocycles. The highest BCUT2D eigenvalue weighted by atomic mass is 16.5. The minimum Gasteiger partial charge on any atom is -0.496 e. The maximum atomic E-state index is 5.75. The summed E-state index contributed by atoms with van der Waals surface area (Å²) >= 11 is 0. The van der Waals surface area contributed by atoms with Crippen molar-refractivity contribution in [2.75, 3.05) is 19.5 Å². The normalized spacial score (nSPS) is 13.3. The van der Waals surface area contributed by atoms with Crippen molar-refractivity contribution in [2.24, 2.45) is 0 Å². The van der Waals surface area contributed by atoms with E-state index in [4.69, 9.17) is 15.2 Å². The molecule has 13 heavy (non-hydrogen) atoms. The highest BCUT2D eigenvalue weighted by molar-refractivity contribution is 5.73. The zero-order valence-corrected chi connectivity index (χ0v) is 7.41. The van der Waals surface area contributed by atoms with E-state index in [9.17, 15) is 0 Å². The van der Waals surface area contributed by atoms with Crippen molar-refractivity contribution in [3.63, 3.8) is 0 Å². The van der Waals surface area contributed by atoms with Crippen LogP contribution in [0.3, 0.4) is 0 Å². The molecule has 0 bridgehead atoms. The Balaban J connectivity index is 2.61. The van der Waals surface area contributed by atoms with E-state index in [1.54, 1.807) is 13.2 Å². The summed E-state index contributed by atoms with van der Waals surface area (Å²) in [5.41, 5.74) is 7.33. The number of hydrogen-bond donors (Lipinski definition) is 1. The van der Waals surface area contributed by atoms with Crippen molar-refractivity contribution in [3.05, 3.63) is 23.8 Å². The van der Waals surface area contributed by atoms with Gasteiger partial charge < -0.3 is 15.2 Å². The van der Waals surface area contributed by atoms with E-state index in [0.717, 1.165) is 17.1 Å². The third-order valence-electron chi connectivity index (χ3n) is 2.01. The molecule has 68 valence electrons. The average molecular weight is 177 g/mol. The zero-order valence-electron chi connectivity index (χ0n) is 7.41. The molecule has 3 heteroatoms. The standard InChI is InChI=1S/C10H11NO2/c1-12-9-5-4-8(11)10-7(9)3-2-6-13-10/h2-5H,6,11H2,1H3. The summed E-state index contributed by atoms with van der Waals surface area (Å²) in [4.78, 5) is 0. The Morgan fingerprint density at radius 1 is 1.46 bits per heavy atom. The molecule has 0 radical (unpaired) electrons. The van der Waals surface area contributed by atoms with E-state index in [1.807, 2.05) is 18.2 Å².